The topological polar surface area (TPSA) is 21.3 Å². The molecule has 1 heterocycles. The average molecular weight is 258 g/mol. The second-order valence-corrected chi connectivity index (χ2v) is 6.48. The largest absolute Gasteiger partial charge is 0.381 e. The van der Waals surface area contributed by atoms with Crippen LogP contribution in [0.15, 0.2) is 6.07 Å². The Hall–Kier alpha value is -0.0900. The van der Waals surface area contributed by atoms with Crippen LogP contribution >= 0.6 is 22.9 Å². The Labute approximate surface area is 105 Å². The first-order valence-corrected chi connectivity index (χ1v) is 7.02. The van der Waals surface area contributed by atoms with Gasteiger partial charge in [0.05, 0.1) is 10.4 Å². The molecule has 0 aromatic carbocycles. The minimum Gasteiger partial charge on any atom is -0.381 e. The van der Waals surface area contributed by atoms with E-state index in [0.717, 1.165) is 17.2 Å². The van der Waals surface area contributed by atoms with Crippen LogP contribution in [-0.2, 0) is 11.2 Å². The molecule has 88 valence electrons. The van der Waals surface area contributed by atoms with Gasteiger partial charge in [0, 0.05) is 24.1 Å². The Bertz CT molecular complexity index is 386. The fraction of sp³-hybridized carbons (Fsp3) is 0.667. The first kappa shape index (κ1) is 11.0. The van der Waals surface area contributed by atoms with Crippen LogP contribution < -0.4 is 5.32 Å². The number of ether oxygens (including phenoxy) is 1. The van der Waals surface area contributed by atoms with Gasteiger partial charge in [0.25, 0.3) is 0 Å². The zero-order valence-electron chi connectivity index (χ0n) is 9.33. The van der Waals surface area contributed by atoms with Gasteiger partial charge in [0.15, 0.2) is 0 Å². The number of aryl methyl sites for hydroxylation is 1. The summed E-state index contributed by atoms with van der Waals surface area (Å²) in [6, 6.07) is 3.31. The van der Waals surface area contributed by atoms with E-state index >= 15 is 0 Å². The molecule has 0 aliphatic heterocycles. The summed E-state index contributed by atoms with van der Waals surface area (Å²) in [5, 5.41) is 3.72. The van der Waals surface area contributed by atoms with Crippen molar-refractivity contribution in [2.24, 2.45) is 0 Å². The van der Waals surface area contributed by atoms with Crippen LogP contribution in [0.3, 0.4) is 0 Å². The molecule has 0 radical (unpaired) electrons. The van der Waals surface area contributed by atoms with E-state index in [9.17, 15) is 0 Å². The molecule has 1 fully saturated rings. The maximum Gasteiger partial charge on any atom is 0.0934 e. The van der Waals surface area contributed by atoms with Crippen molar-refractivity contribution in [1.29, 1.82) is 0 Å². The molecular formula is C12H16ClNOS. The standard InChI is InChI=1S/C12H16ClNOS/c1-15-8-4-7(5-8)14-10-2-3-11-9(10)6-12(13)16-11/h6-8,10,14H,2-5H2,1H3. The maximum absolute atomic E-state index is 6.04. The van der Waals surface area contributed by atoms with Gasteiger partial charge >= 0.3 is 0 Å². The van der Waals surface area contributed by atoms with E-state index in [1.165, 1.54) is 23.3 Å². The molecule has 4 heteroatoms. The second kappa shape index (κ2) is 4.30. The molecule has 1 aromatic heterocycles. The number of hydrogen-bond acceptors (Lipinski definition) is 3. The van der Waals surface area contributed by atoms with Crippen molar-refractivity contribution in [3.8, 4) is 0 Å². The van der Waals surface area contributed by atoms with Crippen molar-refractivity contribution in [2.45, 2.75) is 43.9 Å². The van der Waals surface area contributed by atoms with Crippen LogP contribution in [0, 0.1) is 0 Å². The molecule has 1 N–H and O–H groups in total. The van der Waals surface area contributed by atoms with Crippen LogP contribution in [0.1, 0.15) is 35.7 Å². The number of fused-ring (bicyclic) bond motifs is 1. The quantitative estimate of drug-likeness (QED) is 0.898. The van der Waals surface area contributed by atoms with Crippen molar-refractivity contribution < 1.29 is 4.74 Å². The lowest BCUT2D eigenvalue weighted by Gasteiger charge is -2.36. The molecule has 0 saturated heterocycles. The van der Waals surface area contributed by atoms with Crippen LogP contribution in [-0.4, -0.2) is 19.3 Å². The van der Waals surface area contributed by atoms with E-state index in [0.29, 0.717) is 18.2 Å². The smallest absolute Gasteiger partial charge is 0.0934 e. The van der Waals surface area contributed by atoms with Gasteiger partial charge in [-0.25, -0.2) is 0 Å². The summed E-state index contributed by atoms with van der Waals surface area (Å²) in [5.74, 6) is 0. The van der Waals surface area contributed by atoms with Crippen molar-refractivity contribution in [3.05, 3.63) is 20.8 Å². The van der Waals surface area contributed by atoms with Crippen molar-refractivity contribution in [3.63, 3.8) is 0 Å². The third kappa shape index (κ3) is 1.90. The zero-order chi connectivity index (χ0) is 11.1. The van der Waals surface area contributed by atoms with Crippen molar-refractivity contribution >= 4 is 22.9 Å². The fourth-order valence-electron chi connectivity index (χ4n) is 2.68. The monoisotopic (exact) mass is 257 g/mol. The summed E-state index contributed by atoms with van der Waals surface area (Å²) >= 11 is 7.78. The second-order valence-electron chi connectivity index (χ2n) is 4.71. The van der Waals surface area contributed by atoms with Gasteiger partial charge in [-0.05, 0) is 37.3 Å². The lowest BCUT2D eigenvalue weighted by atomic mass is 9.88. The molecule has 16 heavy (non-hydrogen) atoms. The highest BCUT2D eigenvalue weighted by atomic mass is 35.5. The van der Waals surface area contributed by atoms with Gasteiger partial charge in [-0.15, -0.1) is 11.3 Å². The summed E-state index contributed by atoms with van der Waals surface area (Å²) in [7, 11) is 1.80. The number of rotatable bonds is 3. The summed E-state index contributed by atoms with van der Waals surface area (Å²) in [4.78, 5) is 1.48. The molecule has 0 bridgehead atoms. The molecule has 1 aromatic rings. The lowest BCUT2D eigenvalue weighted by Crippen LogP contribution is -2.46. The predicted molar refractivity (Wildman–Crippen MR) is 67.3 cm³/mol. The number of thiophene rings is 1. The molecule has 2 aliphatic rings. The normalized spacial score (nSPS) is 32.5. The van der Waals surface area contributed by atoms with Crippen molar-refractivity contribution in [1.82, 2.24) is 5.32 Å². The van der Waals surface area contributed by atoms with Crippen LogP contribution in [0.2, 0.25) is 4.34 Å². The lowest BCUT2D eigenvalue weighted by molar-refractivity contribution is 0.0142. The number of nitrogens with one attached hydrogen (secondary N) is 1. The van der Waals surface area contributed by atoms with Crippen LogP contribution in [0.4, 0.5) is 0 Å². The van der Waals surface area contributed by atoms with E-state index < -0.39 is 0 Å². The van der Waals surface area contributed by atoms with E-state index in [1.54, 1.807) is 18.4 Å². The van der Waals surface area contributed by atoms with Gasteiger partial charge in [-0.2, -0.15) is 0 Å². The predicted octanol–water partition coefficient (Wildman–Crippen LogP) is 3.16. The maximum atomic E-state index is 6.04. The minimum atomic E-state index is 0.476. The highest BCUT2D eigenvalue weighted by Crippen LogP contribution is 2.40. The average Bonchev–Trinajstić information content (AvgIpc) is 2.71. The molecule has 1 saturated carbocycles. The zero-order valence-corrected chi connectivity index (χ0v) is 10.9. The third-order valence-electron chi connectivity index (χ3n) is 3.71. The Kier molecular flexibility index (Phi) is 2.96. The van der Waals surface area contributed by atoms with E-state index in [1.807, 2.05) is 0 Å². The molecule has 0 spiro atoms. The molecule has 2 aliphatic carbocycles. The summed E-state index contributed by atoms with van der Waals surface area (Å²) in [6.07, 6.45) is 5.20. The summed E-state index contributed by atoms with van der Waals surface area (Å²) in [5.41, 5.74) is 1.44. The van der Waals surface area contributed by atoms with Gasteiger partial charge in [0.1, 0.15) is 0 Å². The fourth-order valence-corrected chi connectivity index (χ4v) is 4.04. The molecular weight excluding hydrogens is 242 g/mol. The number of hydrogen-bond donors (Lipinski definition) is 1. The Morgan fingerprint density at radius 2 is 2.31 bits per heavy atom. The molecule has 2 nitrogen and oxygen atoms in total. The van der Waals surface area contributed by atoms with Gasteiger partial charge < -0.3 is 10.1 Å². The highest BCUT2D eigenvalue weighted by Gasteiger charge is 2.33. The Morgan fingerprint density at radius 3 is 3.06 bits per heavy atom. The summed E-state index contributed by atoms with van der Waals surface area (Å²) in [6.45, 7) is 0. The van der Waals surface area contributed by atoms with Crippen LogP contribution in [0.25, 0.3) is 0 Å². The molecule has 3 rings (SSSR count). The minimum absolute atomic E-state index is 0.476. The van der Waals surface area contributed by atoms with Gasteiger partial charge in [0.2, 0.25) is 0 Å². The van der Waals surface area contributed by atoms with E-state index in [4.69, 9.17) is 16.3 Å². The Balaban J connectivity index is 1.61. The Morgan fingerprint density at radius 1 is 1.50 bits per heavy atom. The SMILES string of the molecule is COC1CC(NC2CCc3sc(Cl)cc32)C1. The number of halogens is 1. The number of methoxy groups -OCH3 is 1. The van der Waals surface area contributed by atoms with Crippen LogP contribution in [0.5, 0.6) is 0 Å². The van der Waals surface area contributed by atoms with E-state index in [-0.39, 0.29) is 0 Å². The van der Waals surface area contributed by atoms with Gasteiger partial charge in [-0.3, -0.25) is 0 Å². The molecule has 1 atom stereocenters. The van der Waals surface area contributed by atoms with E-state index in [2.05, 4.69) is 11.4 Å². The molecule has 0 amide bonds. The van der Waals surface area contributed by atoms with Gasteiger partial charge in [-0.1, -0.05) is 11.6 Å². The highest BCUT2D eigenvalue weighted by molar-refractivity contribution is 7.16. The first-order chi connectivity index (χ1) is 7.76. The summed E-state index contributed by atoms with van der Waals surface area (Å²) < 4.78 is 6.23. The van der Waals surface area contributed by atoms with Crippen molar-refractivity contribution in [2.75, 3.05) is 7.11 Å². The third-order valence-corrected chi connectivity index (χ3v) is 5.05. The molecule has 1 unspecified atom stereocenters. The first-order valence-electron chi connectivity index (χ1n) is 5.83.